The number of hydrogen-bond acceptors (Lipinski definition) is 3. The lowest BCUT2D eigenvalue weighted by Crippen LogP contribution is -2.36. The third kappa shape index (κ3) is 4.94. The van der Waals surface area contributed by atoms with Crippen LogP contribution >= 0.6 is 0 Å². The normalized spacial score (nSPS) is 21.0. The Kier molecular flexibility index (Phi) is 6.15. The Bertz CT molecular complexity index is 135. The molecule has 1 aliphatic heterocycles. The standard InChI is InChI=1S/C11H23NO2/c13-9-5-2-6-11(14)10-12-7-3-1-4-8-12/h11,13-14H,1-10H2. The molecule has 1 rings (SSSR count). The van der Waals surface area contributed by atoms with Crippen LogP contribution in [0.3, 0.4) is 0 Å². The summed E-state index contributed by atoms with van der Waals surface area (Å²) in [6, 6.07) is 0. The second-order valence-corrected chi connectivity index (χ2v) is 4.23. The van der Waals surface area contributed by atoms with Gasteiger partial charge < -0.3 is 15.1 Å². The van der Waals surface area contributed by atoms with Gasteiger partial charge in [-0.2, -0.15) is 0 Å². The van der Waals surface area contributed by atoms with Crippen molar-refractivity contribution in [3.05, 3.63) is 0 Å². The second kappa shape index (κ2) is 7.21. The second-order valence-electron chi connectivity index (χ2n) is 4.23. The van der Waals surface area contributed by atoms with E-state index < -0.39 is 0 Å². The van der Waals surface area contributed by atoms with Crippen LogP contribution in [0.1, 0.15) is 38.5 Å². The first kappa shape index (κ1) is 12.0. The van der Waals surface area contributed by atoms with Crippen molar-refractivity contribution in [1.82, 2.24) is 4.90 Å². The number of rotatable bonds is 6. The molecule has 84 valence electrons. The predicted octanol–water partition coefficient (Wildman–Crippen LogP) is 0.996. The fourth-order valence-electron chi connectivity index (χ4n) is 2.02. The number of hydrogen-bond donors (Lipinski definition) is 2. The average molecular weight is 201 g/mol. The van der Waals surface area contributed by atoms with Gasteiger partial charge in [-0.25, -0.2) is 0 Å². The molecule has 1 heterocycles. The Morgan fingerprint density at radius 3 is 2.43 bits per heavy atom. The van der Waals surface area contributed by atoms with E-state index in [1.165, 1.54) is 19.3 Å². The van der Waals surface area contributed by atoms with Crippen LogP contribution in [-0.2, 0) is 0 Å². The molecule has 1 atom stereocenters. The van der Waals surface area contributed by atoms with Crippen LogP contribution in [0, 0.1) is 0 Å². The van der Waals surface area contributed by atoms with Crippen molar-refractivity contribution < 1.29 is 10.2 Å². The zero-order chi connectivity index (χ0) is 10.2. The van der Waals surface area contributed by atoms with Crippen molar-refractivity contribution in [2.75, 3.05) is 26.2 Å². The number of piperidine rings is 1. The molecule has 3 heteroatoms. The maximum absolute atomic E-state index is 9.70. The van der Waals surface area contributed by atoms with Gasteiger partial charge in [0.1, 0.15) is 0 Å². The summed E-state index contributed by atoms with van der Waals surface area (Å²) in [5.74, 6) is 0. The summed E-state index contributed by atoms with van der Waals surface area (Å²) in [7, 11) is 0. The summed E-state index contributed by atoms with van der Waals surface area (Å²) in [5.41, 5.74) is 0. The molecular weight excluding hydrogens is 178 g/mol. The Morgan fingerprint density at radius 1 is 1.07 bits per heavy atom. The van der Waals surface area contributed by atoms with Crippen molar-refractivity contribution >= 4 is 0 Å². The largest absolute Gasteiger partial charge is 0.396 e. The summed E-state index contributed by atoms with van der Waals surface area (Å²) in [4.78, 5) is 2.35. The number of nitrogens with zero attached hydrogens (tertiary/aromatic N) is 1. The van der Waals surface area contributed by atoms with Crippen LogP contribution < -0.4 is 0 Å². The van der Waals surface area contributed by atoms with Gasteiger partial charge in [0.05, 0.1) is 6.10 Å². The van der Waals surface area contributed by atoms with Gasteiger partial charge in [-0.1, -0.05) is 6.42 Å². The van der Waals surface area contributed by atoms with E-state index >= 15 is 0 Å². The molecule has 1 fully saturated rings. The Balaban J connectivity index is 2.03. The molecule has 1 saturated heterocycles. The highest BCUT2D eigenvalue weighted by molar-refractivity contribution is 4.68. The van der Waals surface area contributed by atoms with Crippen molar-refractivity contribution in [1.29, 1.82) is 0 Å². The molecule has 0 aromatic heterocycles. The van der Waals surface area contributed by atoms with Crippen LogP contribution in [0.25, 0.3) is 0 Å². The van der Waals surface area contributed by atoms with Crippen molar-refractivity contribution in [3.63, 3.8) is 0 Å². The van der Waals surface area contributed by atoms with Crippen molar-refractivity contribution in [2.45, 2.75) is 44.6 Å². The first-order valence-electron chi connectivity index (χ1n) is 5.84. The molecule has 0 aliphatic carbocycles. The zero-order valence-electron chi connectivity index (χ0n) is 8.99. The summed E-state index contributed by atoms with van der Waals surface area (Å²) >= 11 is 0. The fraction of sp³-hybridized carbons (Fsp3) is 1.00. The molecule has 2 N–H and O–H groups in total. The van der Waals surface area contributed by atoms with E-state index in [1.807, 2.05) is 0 Å². The minimum Gasteiger partial charge on any atom is -0.396 e. The highest BCUT2D eigenvalue weighted by Crippen LogP contribution is 2.10. The third-order valence-electron chi connectivity index (χ3n) is 2.86. The van der Waals surface area contributed by atoms with E-state index in [0.717, 1.165) is 38.9 Å². The highest BCUT2D eigenvalue weighted by atomic mass is 16.3. The number of unbranched alkanes of at least 4 members (excludes halogenated alkanes) is 1. The monoisotopic (exact) mass is 201 g/mol. The van der Waals surface area contributed by atoms with Crippen LogP contribution in [0.2, 0.25) is 0 Å². The quantitative estimate of drug-likeness (QED) is 0.630. The Hall–Kier alpha value is -0.120. The molecule has 0 spiro atoms. The van der Waals surface area contributed by atoms with Crippen LogP contribution in [0.15, 0.2) is 0 Å². The molecule has 0 aromatic rings. The van der Waals surface area contributed by atoms with E-state index in [1.54, 1.807) is 0 Å². The summed E-state index contributed by atoms with van der Waals surface area (Å²) in [6.45, 7) is 3.37. The maximum atomic E-state index is 9.70. The van der Waals surface area contributed by atoms with Crippen LogP contribution in [-0.4, -0.2) is 47.5 Å². The molecule has 0 aromatic carbocycles. The maximum Gasteiger partial charge on any atom is 0.0667 e. The smallest absolute Gasteiger partial charge is 0.0667 e. The first-order chi connectivity index (χ1) is 6.83. The minimum atomic E-state index is -0.195. The van der Waals surface area contributed by atoms with E-state index in [-0.39, 0.29) is 12.7 Å². The average Bonchev–Trinajstić information content (AvgIpc) is 2.20. The van der Waals surface area contributed by atoms with E-state index in [0.29, 0.717) is 0 Å². The number of β-amino-alcohol motifs (C(OH)–C–C–N with tert-alkyl or cyclic N) is 1. The molecule has 14 heavy (non-hydrogen) atoms. The Labute approximate surface area is 86.7 Å². The molecule has 0 amide bonds. The molecular formula is C11H23NO2. The van der Waals surface area contributed by atoms with Gasteiger partial charge >= 0.3 is 0 Å². The lowest BCUT2D eigenvalue weighted by Gasteiger charge is -2.28. The van der Waals surface area contributed by atoms with Crippen molar-refractivity contribution in [2.24, 2.45) is 0 Å². The van der Waals surface area contributed by atoms with E-state index in [2.05, 4.69) is 4.90 Å². The van der Waals surface area contributed by atoms with Crippen LogP contribution in [0.4, 0.5) is 0 Å². The highest BCUT2D eigenvalue weighted by Gasteiger charge is 2.13. The molecule has 0 saturated carbocycles. The first-order valence-corrected chi connectivity index (χ1v) is 5.84. The molecule has 0 radical (unpaired) electrons. The molecule has 1 aliphatic rings. The summed E-state index contributed by atoms with van der Waals surface area (Å²) in [5, 5.41) is 18.3. The van der Waals surface area contributed by atoms with Crippen LogP contribution in [0.5, 0.6) is 0 Å². The molecule has 0 bridgehead atoms. The molecule has 3 nitrogen and oxygen atoms in total. The topological polar surface area (TPSA) is 43.7 Å². The van der Waals surface area contributed by atoms with Crippen molar-refractivity contribution in [3.8, 4) is 0 Å². The van der Waals surface area contributed by atoms with E-state index in [9.17, 15) is 5.11 Å². The van der Waals surface area contributed by atoms with Gasteiger partial charge in [0, 0.05) is 13.2 Å². The van der Waals surface area contributed by atoms with Gasteiger partial charge in [-0.05, 0) is 45.2 Å². The lowest BCUT2D eigenvalue weighted by atomic mass is 10.1. The SMILES string of the molecule is OCCCCC(O)CN1CCCCC1. The molecule has 1 unspecified atom stereocenters. The summed E-state index contributed by atoms with van der Waals surface area (Å²) < 4.78 is 0. The number of aliphatic hydroxyl groups excluding tert-OH is 2. The van der Waals surface area contributed by atoms with Gasteiger partial charge in [-0.15, -0.1) is 0 Å². The van der Waals surface area contributed by atoms with Gasteiger partial charge in [0.15, 0.2) is 0 Å². The van der Waals surface area contributed by atoms with Gasteiger partial charge in [-0.3, -0.25) is 0 Å². The summed E-state index contributed by atoms with van der Waals surface area (Å²) in [6.07, 6.45) is 6.29. The number of likely N-dealkylation sites (tertiary alicyclic amines) is 1. The van der Waals surface area contributed by atoms with E-state index in [4.69, 9.17) is 5.11 Å². The Morgan fingerprint density at radius 2 is 1.79 bits per heavy atom. The lowest BCUT2D eigenvalue weighted by molar-refractivity contribution is 0.0915. The van der Waals surface area contributed by atoms with Gasteiger partial charge in [0.2, 0.25) is 0 Å². The zero-order valence-corrected chi connectivity index (χ0v) is 8.99. The predicted molar refractivity (Wildman–Crippen MR) is 57.2 cm³/mol. The number of aliphatic hydroxyl groups is 2. The van der Waals surface area contributed by atoms with Gasteiger partial charge in [0.25, 0.3) is 0 Å². The fourth-order valence-corrected chi connectivity index (χ4v) is 2.02. The minimum absolute atomic E-state index is 0.195. The third-order valence-corrected chi connectivity index (χ3v) is 2.86.